The van der Waals surface area contributed by atoms with Crippen LogP contribution < -0.4 is 19.0 Å². The van der Waals surface area contributed by atoms with Crippen molar-refractivity contribution in [3.05, 3.63) is 41.2 Å². The van der Waals surface area contributed by atoms with E-state index in [-0.39, 0.29) is 4.90 Å². The molecular formula is C20H20N2O6S2. The zero-order valence-electron chi connectivity index (χ0n) is 16.5. The molecule has 8 nitrogen and oxygen atoms in total. The van der Waals surface area contributed by atoms with Gasteiger partial charge in [0, 0.05) is 18.7 Å². The number of amides is 1. The van der Waals surface area contributed by atoms with Crippen LogP contribution in [-0.4, -0.2) is 45.0 Å². The van der Waals surface area contributed by atoms with Gasteiger partial charge in [0.2, 0.25) is 0 Å². The van der Waals surface area contributed by atoms with Crippen molar-refractivity contribution in [2.75, 3.05) is 26.1 Å². The van der Waals surface area contributed by atoms with Crippen LogP contribution in [0.3, 0.4) is 0 Å². The van der Waals surface area contributed by atoms with E-state index in [4.69, 9.17) is 14.2 Å². The highest BCUT2D eigenvalue weighted by Crippen LogP contribution is 2.35. The monoisotopic (exact) mass is 448 g/mol. The zero-order valence-corrected chi connectivity index (χ0v) is 18.1. The summed E-state index contributed by atoms with van der Waals surface area (Å²) in [6.07, 6.45) is 0. The van der Waals surface area contributed by atoms with Crippen LogP contribution in [0.1, 0.15) is 6.92 Å². The topological polar surface area (TPSA) is 96.2 Å². The molecule has 0 saturated heterocycles. The number of carbonyl (C=O) groups excluding carboxylic acids is 1. The van der Waals surface area contributed by atoms with Crippen molar-refractivity contribution >= 4 is 37.3 Å². The number of aryl methyl sites for hydroxylation is 1. The maximum absolute atomic E-state index is 12.6. The molecule has 0 aliphatic carbocycles. The van der Waals surface area contributed by atoms with Gasteiger partial charge in [0.05, 0.1) is 22.2 Å². The van der Waals surface area contributed by atoms with E-state index in [1.807, 2.05) is 23.6 Å². The van der Waals surface area contributed by atoms with E-state index in [0.717, 1.165) is 10.2 Å². The maximum atomic E-state index is 12.6. The molecule has 0 unspecified atom stereocenters. The minimum absolute atomic E-state index is 0.0496. The fourth-order valence-electron chi connectivity index (χ4n) is 3.17. The quantitative estimate of drug-likeness (QED) is 0.595. The first-order valence-corrected chi connectivity index (χ1v) is 11.8. The Morgan fingerprint density at radius 2 is 1.83 bits per heavy atom. The lowest BCUT2D eigenvalue weighted by molar-refractivity contribution is -0.115. The highest BCUT2D eigenvalue weighted by Gasteiger charge is 2.20. The Balaban J connectivity index is 1.67. The van der Waals surface area contributed by atoms with Crippen molar-refractivity contribution in [2.24, 2.45) is 4.99 Å². The summed E-state index contributed by atoms with van der Waals surface area (Å²) in [4.78, 5) is 17.1. The number of sulfone groups is 1. The Bertz CT molecular complexity index is 1270. The van der Waals surface area contributed by atoms with Gasteiger partial charge in [0.15, 0.2) is 26.1 Å². The van der Waals surface area contributed by atoms with Crippen LogP contribution in [0.2, 0.25) is 0 Å². The minimum Gasteiger partial charge on any atom is -0.497 e. The molecule has 0 fully saturated rings. The predicted molar refractivity (Wildman–Crippen MR) is 112 cm³/mol. The van der Waals surface area contributed by atoms with Gasteiger partial charge in [-0.3, -0.25) is 4.79 Å². The van der Waals surface area contributed by atoms with E-state index in [0.29, 0.717) is 41.8 Å². The SMILES string of the molecule is CCn1c(=NC(=O)CS(=O)(=O)c2ccc(OC)cc2)sc2cc3c(cc21)OCCO3. The molecule has 10 heteroatoms. The van der Waals surface area contributed by atoms with Crippen LogP contribution in [0.5, 0.6) is 17.2 Å². The van der Waals surface area contributed by atoms with Crippen molar-refractivity contribution in [2.45, 2.75) is 18.4 Å². The summed E-state index contributed by atoms with van der Waals surface area (Å²) in [6, 6.07) is 9.63. The highest BCUT2D eigenvalue weighted by molar-refractivity contribution is 7.92. The van der Waals surface area contributed by atoms with Gasteiger partial charge in [0.25, 0.3) is 5.91 Å². The molecule has 1 aliphatic rings. The Morgan fingerprint density at radius 1 is 1.17 bits per heavy atom. The lowest BCUT2D eigenvalue weighted by Gasteiger charge is -2.18. The summed E-state index contributed by atoms with van der Waals surface area (Å²) in [7, 11) is -2.32. The summed E-state index contributed by atoms with van der Waals surface area (Å²) in [5.74, 6) is 0.402. The first kappa shape index (κ1) is 20.4. The molecule has 0 saturated carbocycles. The molecule has 3 aromatic rings. The Hall–Kier alpha value is -2.85. The standard InChI is InChI=1S/C20H20N2O6S2/c1-3-22-15-10-16-17(28-9-8-27-16)11-18(15)29-20(22)21-19(23)12-30(24,25)14-6-4-13(26-2)5-7-14/h4-7,10-11H,3,8-9,12H2,1-2H3. The fraction of sp³-hybridized carbons (Fsp3) is 0.300. The molecule has 0 radical (unpaired) electrons. The van der Waals surface area contributed by atoms with Crippen LogP contribution >= 0.6 is 11.3 Å². The number of thiazole rings is 1. The average Bonchev–Trinajstić information content (AvgIpc) is 3.07. The van der Waals surface area contributed by atoms with Crippen molar-refractivity contribution in [3.8, 4) is 17.2 Å². The number of benzene rings is 2. The minimum atomic E-state index is -3.81. The second-order valence-electron chi connectivity index (χ2n) is 6.53. The van der Waals surface area contributed by atoms with Crippen LogP contribution in [0.15, 0.2) is 46.3 Å². The van der Waals surface area contributed by atoms with E-state index >= 15 is 0 Å². The van der Waals surface area contributed by atoms with Gasteiger partial charge >= 0.3 is 0 Å². The number of aromatic nitrogens is 1. The molecule has 0 bridgehead atoms. The number of methoxy groups -OCH3 is 1. The van der Waals surface area contributed by atoms with E-state index in [2.05, 4.69) is 4.99 Å². The Morgan fingerprint density at radius 3 is 2.47 bits per heavy atom. The molecule has 1 amide bonds. The normalized spacial score (nSPS) is 14.1. The number of carbonyl (C=O) groups is 1. The van der Waals surface area contributed by atoms with Gasteiger partial charge < -0.3 is 18.8 Å². The summed E-state index contributed by atoms with van der Waals surface area (Å²) < 4.78 is 44.2. The van der Waals surface area contributed by atoms with E-state index in [1.165, 1.54) is 42.7 Å². The highest BCUT2D eigenvalue weighted by atomic mass is 32.2. The van der Waals surface area contributed by atoms with Crippen LogP contribution in [0.4, 0.5) is 0 Å². The van der Waals surface area contributed by atoms with Crippen molar-refractivity contribution in [3.63, 3.8) is 0 Å². The zero-order chi connectivity index (χ0) is 21.3. The molecule has 1 aliphatic heterocycles. The number of nitrogens with zero attached hydrogens (tertiary/aromatic N) is 2. The second kappa shape index (κ2) is 8.11. The molecule has 1 aromatic heterocycles. The number of hydrogen-bond acceptors (Lipinski definition) is 7. The molecule has 2 heterocycles. The van der Waals surface area contributed by atoms with Gasteiger partial charge in [-0.2, -0.15) is 4.99 Å². The van der Waals surface area contributed by atoms with Gasteiger partial charge in [-0.1, -0.05) is 11.3 Å². The van der Waals surface area contributed by atoms with Crippen molar-refractivity contribution in [1.82, 2.24) is 4.57 Å². The number of fused-ring (bicyclic) bond motifs is 2. The molecule has 30 heavy (non-hydrogen) atoms. The third kappa shape index (κ3) is 3.92. The molecule has 0 atom stereocenters. The molecule has 2 aromatic carbocycles. The van der Waals surface area contributed by atoms with Gasteiger partial charge in [0.1, 0.15) is 24.7 Å². The predicted octanol–water partition coefficient (Wildman–Crippen LogP) is 2.40. The first-order valence-electron chi connectivity index (χ1n) is 9.28. The fourth-order valence-corrected chi connectivity index (χ4v) is 5.39. The van der Waals surface area contributed by atoms with Gasteiger partial charge in [-0.15, -0.1) is 0 Å². The molecule has 0 N–H and O–H groups in total. The molecule has 0 spiro atoms. The summed E-state index contributed by atoms with van der Waals surface area (Å²) in [5, 5.41) is 0. The average molecular weight is 449 g/mol. The van der Waals surface area contributed by atoms with Crippen molar-refractivity contribution in [1.29, 1.82) is 0 Å². The second-order valence-corrected chi connectivity index (χ2v) is 9.53. The smallest absolute Gasteiger partial charge is 0.263 e. The van der Waals surface area contributed by atoms with Crippen molar-refractivity contribution < 1.29 is 27.4 Å². The number of hydrogen-bond donors (Lipinski definition) is 0. The van der Waals surface area contributed by atoms with Crippen LogP contribution in [-0.2, 0) is 21.2 Å². The third-order valence-electron chi connectivity index (χ3n) is 4.62. The third-order valence-corrected chi connectivity index (χ3v) is 7.27. The number of rotatable bonds is 5. The van der Waals surface area contributed by atoms with E-state index in [9.17, 15) is 13.2 Å². The maximum Gasteiger partial charge on any atom is 0.263 e. The van der Waals surface area contributed by atoms with E-state index in [1.54, 1.807) is 0 Å². The van der Waals surface area contributed by atoms with Gasteiger partial charge in [-0.05, 0) is 31.2 Å². The molecule has 158 valence electrons. The Kier molecular flexibility index (Phi) is 5.52. The summed E-state index contributed by atoms with van der Waals surface area (Å²) >= 11 is 1.30. The summed E-state index contributed by atoms with van der Waals surface area (Å²) in [5.41, 5.74) is 0.858. The lowest BCUT2D eigenvalue weighted by Crippen LogP contribution is -2.20. The van der Waals surface area contributed by atoms with Crippen LogP contribution in [0, 0.1) is 0 Å². The first-order chi connectivity index (χ1) is 14.4. The Labute approximate surface area is 177 Å². The summed E-state index contributed by atoms with van der Waals surface area (Å²) in [6.45, 7) is 3.46. The molecule has 4 rings (SSSR count). The van der Waals surface area contributed by atoms with Gasteiger partial charge in [-0.25, -0.2) is 8.42 Å². The number of ether oxygens (including phenoxy) is 3. The molecular weight excluding hydrogens is 428 g/mol. The van der Waals surface area contributed by atoms with Crippen LogP contribution in [0.25, 0.3) is 10.2 Å². The largest absolute Gasteiger partial charge is 0.497 e. The van der Waals surface area contributed by atoms with E-state index < -0.39 is 21.5 Å². The lowest BCUT2D eigenvalue weighted by atomic mass is 10.2.